The molecule has 0 fully saturated rings. The van der Waals surface area contributed by atoms with Gasteiger partial charge in [0.1, 0.15) is 0 Å². The number of hydrogen-bond donors (Lipinski definition) is 0. The van der Waals surface area contributed by atoms with Crippen molar-refractivity contribution in [1.29, 1.82) is 0 Å². The predicted octanol–water partition coefficient (Wildman–Crippen LogP) is 3.90. The van der Waals surface area contributed by atoms with E-state index in [0.717, 1.165) is 36.2 Å². The van der Waals surface area contributed by atoms with Crippen molar-refractivity contribution in [3.05, 3.63) is 28.6 Å². The maximum absolute atomic E-state index is 12.0. The molecular weight excluding hydrogens is 238 g/mol. The van der Waals surface area contributed by atoms with Crippen LogP contribution in [0.2, 0.25) is 0 Å². The molecule has 0 bridgehead atoms. The number of nitrogens with zero attached hydrogens (tertiary/aromatic N) is 1. The standard InChI is InChI=1S/C16H25NO2/c1-6-9-14-12(7-2)10-13(16(18)19-8-3)15(17-14)11(4)5/h10-11H,6-9H2,1-5H3. The molecule has 0 spiro atoms. The Labute approximate surface area is 116 Å². The Kier molecular flexibility index (Phi) is 6.00. The highest BCUT2D eigenvalue weighted by Gasteiger charge is 2.19. The summed E-state index contributed by atoms with van der Waals surface area (Å²) in [5.41, 5.74) is 3.78. The summed E-state index contributed by atoms with van der Waals surface area (Å²) >= 11 is 0. The molecule has 0 radical (unpaired) electrons. The van der Waals surface area contributed by atoms with Crippen molar-refractivity contribution in [1.82, 2.24) is 4.98 Å². The number of aromatic nitrogens is 1. The summed E-state index contributed by atoms with van der Waals surface area (Å²) in [5, 5.41) is 0. The van der Waals surface area contributed by atoms with Gasteiger partial charge in [0.05, 0.1) is 17.9 Å². The van der Waals surface area contributed by atoms with Gasteiger partial charge < -0.3 is 4.74 Å². The van der Waals surface area contributed by atoms with Crippen LogP contribution in [0.1, 0.15) is 74.3 Å². The van der Waals surface area contributed by atoms with Gasteiger partial charge in [0.2, 0.25) is 0 Å². The number of rotatable bonds is 6. The fraction of sp³-hybridized carbons (Fsp3) is 0.625. The minimum atomic E-state index is -0.253. The first-order chi connectivity index (χ1) is 9.04. The molecule has 0 N–H and O–H groups in total. The molecule has 0 aromatic carbocycles. The van der Waals surface area contributed by atoms with E-state index in [9.17, 15) is 4.79 Å². The normalized spacial score (nSPS) is 10.8. The molecule has 1 rings (SSSR count). The van der Waals surface area contributed by atoms with Crippen molar-refractivity contribution in [2.24, 2.45) is 0 Å². The van der Waals surface area contributed by atoms with Gasteiger partial charge in [0.15, 0.2) is 0 Å². The molecule has 0 saturated heterocycles. The molecule has 3 nitrogen and oxygen atoms in total. The Morgan fingerprint density at radius 1 is 1.32 bits per heavy atom. The van der Waals surface area contributed by atoms with Crippen LogP contribution in [0.4, 0.5) is 0 Å². The Hall–Kier alpha value is -1.38. The van der Waals surface area contributed by atoms with Crippen molar-refractivity contribution in [2.75, 3.05) is 6.61 Å². The van der Waals surface area contributed by atoms with Crippen LogP contribution in [0.15, 0.2) is 6.07 Å². The van der Waals surface area contributed by atoms with Gasteiger partial charge in [-0.1, -0.05) is 34.1 Å². The number of carbonyl (C=O) groups excluding carboxylic acids is 1. The quantitative estimate of drug-likeness (QED) is 0.731. The number of ether oxygens (including phenoxy) is 1. The first-order valence-corrected chi connectivity index (χ1v) is 7.24. The van der Waals surface area contributed by atoms with Gasteiger partial charge in [-0.05, 0) is 37.3 Å². The molecule has 3 heteroatoms. The molecule has 0 aliphatic heterocycles. The molecule has 1 heterocycles. The van der Waals surface area contributed by atoms with Crippen LogP contribution >= 0.6 is 0 Å². The van der Waals surface area contributed by atoms with Crippen LogP contribution in [0.5, 0.6) is 0 Å². The molecular formula is C16H25NO2. The third kappa shape index (κ3) is 3.79. The SMILES string of the molecule is CCCc1nc(C(C)C)c(C(=O)OCC)cc1CC. The first kappa shape index (κ1) is 15.7. The number of aryl methyl sites for hydroxylation is 2. The van der Waals surface area contributed by atoms with E-state index in [2.05, 4.69) is 27.7 Å². The topological polar surface area (TPSA) is 39.2 Å². The highest BCUT2D eigenvalue weighted by molar-refractivity contribution is 5.91. The van der Waals surface area contributed by atoms with Crippen molar-refractivity contribution in [3.8, 4) is 0 Å². The predicted molar refractivity (Wildman–Crippen MR) is 77.7 cm³/mol. The van der Waals surface area contributed by atoms with E-state index in [4.69, 9.17) is 9.72 Å². The Morgan fingerprint density at radius 3 is 2.47 bits per heavy atom. The molecule has 0 aliphatic rings. The Bertz CT molecular complexity index is 439. The number of hydrogen-bond acceptors (Lipinski definition) is 3. The van der Waals surface area contributed by atoms with Crippen molar-refractivity contribution >= 4 is 5.97 Å². The lowest BCUT2D eigenvalue weighted by atomic mass is 9.98. The van der Waals surface area contributed by atoms with Gasteiger partial charge in [-0.15, -0.1) is 0 Å². The summed E-state index contributed by atoms with van der Waals surface area (Å²) in [4.78, 5) is 16.8. The second kappa shape index (κ2) is 7.27. The zero-order valence-electron chi connectivity index (χ0n) is 12.7. The molecule has 1 aromatic heterocycles. The maximum Gasteiger partial charge on any atom is 0.339 e. The summed E-state index contributed by atoms with van der Waals surface area (Å²) in [6, 6.07) is 1.98. The van der Waals surface area contributed by atoms with Gasteiger partial charge in [-0.3, -0.25) is 4.98 Å². The monoisotopic (exact) mass is 263 g/mol. The maximum atomic E-state index is 12.0. The largest absolute Gasteiger partial charge is 0.462 e. The highest BCUT2D eigenvalue weighted by atomic mass is 16.5. The fourth-order valence-electron chi connectivity index (χ4n) is 2.18. The molecule has 0 atom stereocenters. The smallest absolute Gasteiger partial charge is 0.339 e. The van der Waals surface area contributed by atoms with E-state index in [-0.39, 0.29) is 11.9 Å². The third-order valence-corrected chi connectivity index (χ3v) is 3.13. The van der Waals surface area contributed by atoms with Crippen molar-refractivity contribution in [3.63, 3.8) is 0 Å². The van der Waals surface area contributed by atoms with E-state index < -0.39 is 0 Å². The summed E-state index contributed by atoms with van der Waals surface area (Å²) in [6.45, 7) is 10.6. The lowest BCUT2D eigenvalue weighted by molar-refractivity contribution is 0.0524. The van der Waals surface area contributed by atoms with E-state index in [1.165, 1.54) is 0 Å². The number of esters is 1. The fourth-order valence-corrected chi connectivity index (χ4v) is 2.18. The Balaban J connectivity index is 3.31. The van der Waals surface area contributed by atoms with Crippen molar-refractivity contribution in [2.45, 2.75) is 59.8 Å². The van der Waals surface area contributed by atoms with E-state index in [1.807, 2.05) is 13.0 Å². The number of pyridine rings is 1. The van der Waals surface area contributed by atoms with Gasteiger partial charge in [-0.2, -0.15) is 0 Å². The zero-order chi connectivity index (χ0) is 14.4. The van der Waals surface area contributed by atoms with Gasteiger partial charge in [0.25, 0.3) is 0 Å². The van der Waals surface area contributed by atoms with Gasteiger partial charge in [-0.25, -0.2) is 4.79 Å². The average Bonchev–Trinajstić information content (AvgIpc) is 2.38. The van der Waals surface area contributed by atoms with Crippen LogP contribution < -0.4 is 0 Å². The van der Waals surface area contributed by atoms with E-state index in [1.54, 1.807) is 0 Å². The molecule has 106 valence electrons. The molecule has 19 heavy (non-hydrogen) atoms. The zero-order valence-corrected chi connectivity index (χ0v) is 12.7. The molecule has 0 saturated carbocycles. The van der Waals surface area contributed by atoms with Crippen LogP contribution in [-0.2, 0) is 17.6 Å². The molecule has 1 aromatic rings. The highest BCUT2D eigenvalue weighted by Crippen LogP contribution is 2.23. The second-order valence-corrected chi connectivity index (χ2v) is 5.01. The lowest BCUT2D eigenvalue weighted by Gasteiger charge is -2.16. The minimum absolute atomic E-state index is 0.223. The van der Waals surface area contributed by atoms with Gasteiger partial charge >= 0.3 is 5.97 Å². The van der Waals surface area contributed by atoms with Crippen LogP contribution in [0, 0.1) is 0 Å². The minimum Gasteiger partial charge on any atom is -0.462 e. The van der Waals surface area contributed by atoms with E-state index in [0.29, 0.717) is 12.2 Å². The molecule has 0 aliphatic carbocycles. The summed E-state index contributed by atoms with van der Waals surface area (Å²) in [5.74, 6) is -0.0302. The molecule has 0 unspecified atom stereocenters. The average molecular weight is 263 g/mol. The van der Waals surface area contributed by atoms with Crippen LogP contribution in [0.25, 0.3) is 0 Å². The summed E-state index contributed by atoms with van der Waals surface area (Å²) < 4.78 is 5.14. The summed E-state index contributed by atoms with van der Waals surface area (Å²) in [7, 11) is 0. The molecule has 0 amide bonds. The van der Waals surface area contributed by atoms with Crippen LogP contribution in [-0.4, -0.2) is 17.6 Å². The Morgan fingerprint density at radius 2 is 2.00 bits per heavy atom. The second-order valence-electron chi connectivity index (χ2n) is 5.01. The lowest BCUT2D eigenvalue weighted by Crippen LogP contribution is -2.14. The van der Waals surface area contributed by atoms with Gasteiger partial charge in [0, 0.05) is 5.69 Å². The summed E-state index contributed by atoms with van der Waals surface area (Å²) in [6.07, 6.45) is 2.93. The van der Waals surface area contributed by atoms with Crippen molar-refractivity contribution < 1.29 is 9.53 Å². The number of carbonyl (C=O) groups is 1. The van der Waals surface area contributed by atoms with Crippen LogP contribution in [0.3, 0.4) is 0 Å². The first-order valence-electron chi connectivity index (χ1n) is 7.24. The van der Waals surface area contributed by atoms with E-state index >= 15 is 0 Å². The third-order valence-electron chi connectivity index (χ3n) is 3.13.